The largest absolute Gasteiger partial charge is 0.507 e. The molecule has 1 aliphatic rings. The third-order valence-corrected chi connectivity index (χ3v) is 5.72. The minimum absolute atomic E-state index is 0.0886. The van der Waals surface area contributed by atoms with Gasteiger partial charge in [-0.1, -0.05) is 18.2 Å². The number of Topliss-reactive ketones (excluding diaryl/α,β-unsaturated/α-hetero) is 1. The van der Waals surface area contributed by atoms with Gasteiger partial charge in [0, 0.05) is 12.7 Å². The molecule has 4 rings (SSSR count). The fourth-order valence-corrected chi connectivity index (χ4v) is 4.00. The molecule has 1 amide bonds. The lowest BCUT2D eigenvalue weighted by Crippen LogP contribution is -2.32. The van der Waals surface area contributed by atoms with Crippen molar-refractivity contribution in [3.05, 3.63) is 95.1 Å². The number of methoxy groups -OCH3 is 2. The van der Waals surface area contributed by atoms with E-state index in [1.54, 1.807) is 48.7 Å². The highest BCUT2D eigenvalue weighted by atomic mass is 19.1. The standard InChI is InChI=1S/C26H23FN2O5/c1-33-18-10-11-21(34-2)19(15-18)24(30)22-23(20-5-3-4-13-28-20)29(26(32)25(22)31)14-12-16-6-8-17(27)9-7-16/h3-11,13,15,23,30H,12,14H2,1-2H3/b24-22+. The van der Waals surface area contributed by atoms with Gasteiger partial charge in [0.2, 0.25) is 0 Å². The van der Waals surface area contributed by atoms with Crippen LogP contribution in [-0.4, -0.2) is 47.4 Å². The van der Waals surface area contributed by atoms with Crippen LogP contribution in [0.4, 0.5) is 4.39 Å². The van der Waals surface area contributed by atoms with Gasteiger partial charge in [0.15, 0.2) is 0 Å². The van der Waals surface area contributed by atoms with Crippen molar-refractivity contribution in [1.82, 2.24) is 9.88 Å². The lowest BCUT2D eigenvalue weighted by atomic mass is 9.97. The number of aliphatic hydroxyl groups excluding tert-OH is 1. The van der Waals surface area contributed by atoms with E-state index < -0.39 is 17.7 Å². The Kier molecular flexibility index (Phi) is 6.58. The molecule has 1 aromatic heterocycles. The molecule has 1 saturated heterocycles. The first-order valence-corrected chi connectivity index (χ1v) is 10.6. The summed E-state index contributed by atoms with van der Waals surface area (Å²) < 4.78 is 23.9. The molecule has 34 heavy (non-hydrogen) atoms. The Labute approximate surface area is 196 Å². The molecule has 0 radical (unpaired) electrons. The third kappa shape index (κ3) is 4.34. The van der Waals surface area contributed by atoms with Crippen LogP contribution < -0.4 is 9.47 Å². The van der Waals surface area contributed by atoms with Crippen LogP contribution in [0.25, 0.3) is 5.76 Å². The molecule has 2 aromatic carbocycles. The number of hydrogen-bond acceptors (Lipinski definition) is 6. The van der Waals surface area contributed by atoms with E-state index in [9.17, 15) is 19.1 Å². The van der Waals surface area contributed by atoms with Gasteiger partial charge in [-0.3, -0.25) is 14.6 Å². The van der Waals surface area contributed by atoms with Gasteiger partial charge in [0.25, 0.3) is 11.7 Å². The fraction of sp³-hybridized carbons (Fsp3) is 0.192. The normalized spacial score (nSPS) is 17.1. The van der Waals surface area contributed by atoms with Crippen molar-refractivity contribution in [2.24, 2.45) is 0 Å². The number of pyridine rings is 1. The molecule has 1 fully saturated rings. The molecule has 1 unspecified atom stereocenters. The van der Waals surface area contributed by atoms with E-state index in [1.165, 1.54) is 37.3 Å². The molecule has 1 aliphatic heterocycles. The van der Waals surface area contributed by atoms with Crippen molar-refractivity contribution in [3.8, 4) is 11.5 Å². The number of carbonyl (C=O) groups excluding carboxylic acids is 2. The molecular formula is C26H23FN2O5. The van der Waals surface area contributed by atoms with Crippen LogP contribution in [0.1, 0.15) is 22.9 Å². The lowest BCUT2D eigenvalue weighted by Gasteiger charge is -2.24. The molecule has 0 spiro atoms. The van der Waals surface area contributed by atoms with Crippen molar-refractivity contribution in [2.75, 3.05) is 20.8 Å². The van der Waals surface area contributed by atoms with Gasteiger partial charge in [-0.05, 0) is 54.4 Å². The molecule has 7 nitrogen and oxygen atoms in total. The number of likely N-dealkylation sites (tertiary alicyclic amines) is 1. The predicted molar refractivity (Wildman–Crippen MR) is 123 cm³/mol. The van der Waals surface area contributed by atoms with Gasteiger partial charge in [-0.2, -0.15) is 0 Å². The van der Waals surface area contributed by atoms with Gasteiger partial charge in [-0.15, -0.1) is 0 Å². The first-order chi connectivity index (χ1) is 16.4. The molecule has 1 atom stereocenters. The summed E-state index contributed by atoms with van der Waals surface area (Å²) in [5.41, 5.74) is 1.37. The van der Waals surface area contributed by atoms with E-state index >= 15 is 0 Å². The van der Waals surface area contributed by atoms with Crippen LogP contribution in [0.15, 0.2) is 72.4 Å². The first-order valence-electron chi connectivity index (χ1n) is 10.6. The zero-order valence-electron chi connectivity index (χ0n) is 18.7. The number of ether oxygens (including phenoxy) is 2. The van der Waals surface area contributed by atoms with Gasteiger partial charge in [0.05, 0.1) is 31.1 Å². The van der Waals surface area contributed by atoms with Crippen LogP contribution in [0.5, 0.6) is 11.5 Å². The molecule has 8 heteroatoms. The third-order valence-electron chi connectivity index (χ3n) is 5.72. The van der Waals surface area contributed by atoms with Crippen LogP contribution in [-0.2, 0) is 16.0 Å². The van der Waals surface area contributed by atoms with Crippen molar-refractivity contribution >= 4 is 17.4 Å². The number of nitrogens with zero attached hydrogens (tertiary/aromatic N) is 2. The maximum absolute atomic E-state index is 13.3. The van der Waals surface area contributed by atoms with Crippen LogP contribution in [0.2, 0.25) is 0 Å². The number of halogens is 1. The van der Waals surface area contributed by atoms with Gasteiger partial charge < -0.3 is 19.5 Å². The number of aliphatic hydroxyl groups is 1. The average Bonchev–Trinajstić information content (AvgIpc) is 3.13. The van der Waals surface area contributed by atoms with Gasteiger partial charge in [-0.25, -0.2) is 4.39 Å². The highest BCUT2D eigenvalue weighted by Gasteiger charge is 2.46. The van der Waals surface area contributed by atoms with E-state index in [0.29, 0.717) is 23.6 Å². The summed E-state index contributed by atoms with van der Waals surface area (Å²) in [6.45, 7) is 0.170. The minimum Gasteiger partial charge on any atom is -0.507 e. The Hall–Kier alpha value is -4.20. The van der Waals surface area contributed by atoms with E-state index in [1.807, 2.05) is 0 Å². The molecule has 0 bridgehead atoms. The smallest absolute Gasteiger partial charge is 0.295 e. The predicted octanol–water partition coefficient (Wildman–Crippen LogP) is 3.90. The summed E-state index contributed by atoms with van der Waals surface area (Å²) in [7, 11) is 2.92. The number of ketones is 1. The maximum atomic E-state index is 13.3. The van der Waals surface area contributed by atoms with E-state index in [-0.39, 0.29) is 29.3 Å². The molecule has 0 aliphatic carbocycles. The molecule has 1 N–H and O–H groups in total. The molecular weight excluding hydrogens is 439 g/mol. The van der Waals surface area contributed by atoms with Crippen molar-refractivity contribution in [3.63, 3.8) is 0 Å². The SMILES string of the molecule is COc1ccc(OC)c(/C(O)=C2\C(=O)C(=O)N(CCc3ccc(F)cc3)C2c2ccccn2)c1. The Morgan fingerprint density at radius 1 is 1.06 bits per heavy atom. The van der Waals surface area contributed by atoms with E-state index in [4.69, 9.17) is 9.47 Å². The molecule has 2 heterocycles. The second-order valence-corrected chi connectivity index (χ2v) is 7.69. The summed E-state index contributed by atoms with van der Waals surface area (Å²) in [6, 6.07) is 15.0. The Balaban J connectivity index is 1.80. The van der Waals surface area contributed by atoms with Crippen LogP contribution >= 0.6 is 0 Å². The zero-order chi connectivity index (χ0) is 24.2. The Bertz CT molecular complexity index is 1240. The Morgan fingerprint density at radius 2 is 1.82 bits per heavy atom. The number of amides is 1. The van der Waals surface area contributed by atoms with Gasteiger partial charge in [0.1, 0.15) is 29.1 Å². The second-order valence-electron chi connectivity index (χ2n) is 7.69. The molecule has 0 saturated carbocycles. The van der Waals surface area contributed by atoms with E-state index in [2.05, 4.69) is 4.98 Å². The lowest BCUT2D eigenvalue weighted by molar-refractivity contribution is -0.139. The summed E-state index contributed by atoms with van der Waals surface area (Å²) >= 11 is 0. The highest BCUT2D eigenvalue weighted by molar-refractivity contribution is 6.46. The van der Waals surface area contributed by atoms with Crippen LogP contribution in [0, 0.1) is 5.82 Å². The van der Waals surface area contributed by atoms with Crippen LogP contribution in [0.3, 0.4) is 0 Å². The second kappa shape index (κ2) is 9.74. The number of rotatable bonds is 7. The topological polar surface area (TPSA) is 89.0 Å². The fourth-order valence-electron chi connectivity index (χ4n) is 4.00. The average molecular weight is 462 g/mol. The number of aromatic nitrogens is 1. The summed E-state index contributed by atoms with van der Waals surface area (Å²) in [5, 5.41) is 11.3. The zero-order valence-corrected chi connectivity index (χ0v) is 18.7. The first kappa shape index (κ1) is 23.0. The summed E-state index contributed by atoms with van der Waals surface area (Å²) in [6.07, 6.45) is 1.95. The van der Waals surface area contributed by atoms with Crippen molar-refractivity contribution in [1.29, 1.82) is 0 Å². The molecule has 174 valence electrons. The highest BCUT2D eigenvalue weighted by Crippen LogP contribution is 2.41. The van der Waals surface area contributed by atoms with E-state index in [0.717, 1.165) is 5.56 Å². The monoisotopic (exact) mass is 462 g/mol. The van der Waals surface area contributed by atoms with Gasteiger partial charge >= 0.3 is 0 Å². The number of benzene rings is 2. The summed E-state index contributed by atoms with van der Waals surface area (Å²) in [5.74, 6) is -1.55. The van der Waals surface area contributed by atoms with Crippen molar-refractivity contribution < 1.29 is 28.6 Å². The maximum Gasteiger partial charge on any atom is 0.295 e. The Morgan fingerprint density at radius 3 is 2.47 bits per heavy atom. The van der Waals surface area contributed by atoms with Crippen molar-refractivity contribution in [2.45, 2.75) is 12.5 Å². The summed E-state index contributed by atoms with van der Waals surface area (Å²) in [4.78, 5) is 32.0. The molecule has 3 aromatic rings. The minimum atomic E-state index is -0.905. The number of hydrogen-bond donors (Lipinski definition) is 1. The quantitative estimate of drug-likeness (QED) is 0.326. The number of carbonyl (C=O) groups is 2.